The van der Waals surface area contributed by atoms with Crippen LogP contribution < -0.4 is 5.32 Å². The summed E-state index contributed by atoms with van der Waals surface area (Å²) >= 11 is 5.93. The molecule has 0 saturated heterocycles. The molecule has 2 N–H and O–H groups in total. The van der Waals surface area contributed by atoms with Gasteiger partial charge in [0, 0.05) is 10.6 Å². The number of nitrogens with zero attached hydrogens (tertiary/aromatic N) is 3. The first-order chi connectivity index (χ1) is 14.1. The fourth-order valence-electron chi connectivity index (χ4n) is 2.99. The maximum Gasteiger partial charge on any atom is 0.416 e. The lowest BCUT2D eigenvalue weighted by Gasteiger charge is -2.35. The van der Waals surface area contributed by atoms with E-state index in [2.05, 4.69) is 15.4 Å². The molecule has 1 amide bonds. The monoisotopic (exact) mass is 438 g/mol. The van der Waals surface area contributed by atoms with Crippen molar-refractivity contribution in [2.45, 2.75) is 31.3 Å². The van der Waals surface area contributed by atoms with E-state index in [1.807, 2.05) is 0 Å². The van der Waals surface area contributed by atoms with Gasteiger partial charge in [-0.1, -0.05) is 23.7 Å². The minimum atomic E-state index is -4.49. The lowest BCUT2D eigenvalue weighted by molar-refractivity contribution is -0.137. The van der Waals surface area contributed by atoms with Gasteiger partial charge in [0.1, 0.15) is 18.3 Å². The molecule has 0 bridgehead atoms. The normalized spacial score (nSPS) is 14.7. The molecule has 1 aromatic heterocycles. The Morgan fingerprint density at radius 2 is 1.73 bits per heavy atom. The zero-order chi connectivity index (χ0) is 21.9. The minimum absolute atomic E-state index is 0.0247. The van der Waals surface area contributed by atoms with Crippen molar-refractivity contribution >= 4 is 17.5 Å². The summed E-state index contributed by atoms with van der Waals surface area (Å²) in [5.41, 5.74) is -1.94. The van der Waals surface area contributed by atoms with Crippen LogP contribution >= 0.6 is 11.6 Å². The van der Waals surface area contributed by atoms with E-state index in [9.17, 15) is 23.1 Å². The van der Waals surface area contributed by atoms with Gasteiger partial charge in [-0.15, -0.1) is 0 Å². The maximum atomic E-state index is 12.7. The van der Waals surface area contributed by atoms with Gasteiger partial charge in [0.2, 0.25) is 0 Å². The number of hydrogen-bond acceptors (Lipinski definition) is 4. The van der Waals surface area contributed by atoms with E-state index < -0.39 is 29.3 Å². The summed E-state index contributed by atoms with van der Waals surface area (Å²) in [5, 5.41) is 18.6. The third-order valence-corrected chi connectivity index (χ3v) is 5.00. The molecule has 3 aromatic rings. The average molecular weight is 439 g/mol. The van der Waals surface area contributed by atoms with E-state index in [-0.39, 0.29) is 12.1 Å². The molecule has 0 spiro atoms. The number of amides is 1. The zero-order valence-corrected chi connectivity index (χ0v) is 16.5. The summed E-state index contributed by atoms with van der Waals surface area (Å²) in [4.78, 5) is 16.4. The molecule has 2 aromatic carbocycles. The van der Waals surface area contributed by atoms with Gasteiger partial charge in [0.05, 0.1) is 18.2 Å². The Balaban J connectivity index is 1.84. The predicted octanol–water partition coefficient (Wildman–Crippen LogP) is 3.66. The molecule has 0 aliphatic heterocycles. The summed E-state index contributed by atoms with van der Waals surface area (Å²) < 4.78 is 39.6. The molecular formula is C20H18ClF3N4O2. The Morgan fingerprint density at radius 1 is 1.13 bits per heavy atom. The third kappa shape index (κ3) is 4.80. The van der Waals surface area contributed by atoms with Crippen molar-refractivity contribution in [3.63, 3.8) is 0 Å². The molecule has 6 nitrogen and oxygen atoms in total. The lowest BCUT2D eigenvalue weighted by Crippen LogP contribution is -2.51. The summed E-state index contributed by atoms with van der Waals surface area (Å²) in [6.07, 6.45) is -1.76. The van der Waals surface area contributed by atoms with Crippen molar-refractivity contribution in [1.82, 2.24) is 20.1 Å². The second kappa shape index (κ2) is 8.45. The number of carbonyl (C=O) groups excluding carboxylic acids is 1. The Hall–Kier alpha value is -2.91. The summed E-state index contributed by atoms with van der Waals surface area (Å²) in [6.45, 7) is 1.57. The number of carbonyl (C=O) groups is 1. The number of halogens is 4. The van der Waals surface area contributed by atoms with Crippen LogP contribution in [0.3, 0.4) is 0 Å². The van der Waals surface area contributed by atoms with E-state index >= 15 is 0 Å². The number of hydrogen-bond donors (Lipinski definition) is 2. The molecule has 30 heavy (non-hydrogen) atoms. The van der Waals surface area contributed by atoms with Crippen molar-refractivity contribution in [2.24, 2.45) is 0 Å². The van der Waals surface area contributed by atoms with E-state index in [4.69, 9.17) is 11.6 Å². The van der Waals surface area contributed by atoms with Crippen LogP contribution in [0, 0.1) is 0 Å². The molecule has 3 rings (SSSR count). The quantitative estimate of drug-likeness (QED) is 0.615. The van der Waals surface area contributed by atoms with Gasteiger partial charge in [0.15, 0.2) is 0 Å². The SMILES string of the molecule is C[C@H](NC(=O)c1ccc(C(F)(F)F)cc1)[C@](O)(Cn1cncn1)c1ccc(Cl)cc1. The topological polar surface area (TPSA) is 80.0 Å². The first-order valence-electron chi connectivity index (χ1n) is 8.88. The number of alkyl halides is 3. The van der Waals surface area contributed by atoms with Crippen LogP contribution in [0.1, 0.15) is 28.4 Å². The number of nitrogens with one attached hydrogen (secondary N) is 1. The molecule has 0 unspecified atom stereocenters. The van der Waals surface area contributed by atoms with E-state index in [0.29, 0.717) is 10.6 Å². The van der Waals surface area contributed by atoms with Gasteiger partial charge in [-0.3, -0.25) is 4.79 Å². The summed E-state index contributed by atoms with van der Waals surface area (Å²) in [6, 6.07) is 9.47. The Labute approximate surface area is 175 Å². The predicted molar refractivity (Wildman–Crippen MR) is 104 cm³/mol. The van der Waals surface area contributed by atoms with Crippen molar-refractivity contribution in [3.8, 4) is 0 Å². The zero-order valence-electron chi connectivity index (χ0n) is 15.8. The molecule has 0 aliphatic carbocycles. The third-order valence-electron chi connectivity index (χ3n) is 4.75. The van der Waals surface area contributed by atoms with Gasteiger partial charge in [-0.05, 0) is 48.9 Å². The summed E-state index contributed by atoms with van der Waals surface area (Å²) in [5.74, 6) is -0.623. The number of aliphatic hydroxyl groups is 1. The fraction of sp³-hybridized carbons (Fsp3) is 0.250. The first-order valence-corrected chi connectivity index (χ1v) is 9.26. The summed E-state index contributed by atoms with van der Waals surface area (Å²) in [7, 11) is 0. The molecule has 0 fully saturated rings. The van der Waals surface area contributed by atoms with Gasteiger partial charge < -0.3 is 10.4 Å². The Morgan fingerprint density at radius 3 is 2.27 bits per heavy atom. The van der Waals surface area contributed by atoms with Crippen molar-refractivity contribution in [2.75, 3.05) is 0 Å². The first kappa shape index (κ1) is 21.8. The van der Waals surface area contributed by atoms with Gasteiger partial charge in [-0.25, -0.2) is 9.67 Å². The van der Waals surface area contributed by atoms with Crippen LogP contribution in [0.2, 0.25) is 5.02 Å². The van der Waals surface area contributed by atoms with E-state index in [1.54, 1.807) is 31.2 Å². The molecule has 0 aliphatic rings. The van der Waals surface area contributed by atoms with Crippen molar-refractivity contribution < 1.29 is 23.1 Å². The van der Waals surface area contributed by atoms with Crippen molar-refractivity contribution in [3.05, 3.63) is 82.9 Å². The van der Waals surface area contributed by atoms with Crippen LogP contribution in [-0.2, 0) is 18.3 Å². The molecule has 1 heterocycles. The minimum Gasteiger partial charge on any atom is -0.381 e. The Kier molecular flexibility index (Phi) is 6.14. The van der Waals surface area contributed by atoms with E-state index in [0.717, 1.165) is 24.3 Å². The highest BCUT2D eigenvalue weighted by Gasteiger charge is 2.38. The number of benzene rings is 2. The highest BCUT2D eigenvalue weighted by molar-refractivity contribution is 6.30. The average Bonchev–Trinajstić information content (AvgIpc) is 3.20. The highest BCUT2D eigenvalue weighted by atomic mass is 35.5. The molecule has 158 valence electrons. The second-order valence-corrected chi connectivity index (χ2v) is 7.23. The number of rotatable bonds is 6. The maximum absolute atomic E-state index is 12.7. The van der Waals surface area contributed by atoms with Crippen molar-refractivity contribution in [1.29, 1.82) is 0 Å². The van der Waals surface area contributed by atoms with Gasteiger partial charge in [0.25, 0.3) is 5.91 Å². The van der Waals surface area contributed by atoms with Crippen LogP contribution in [-0.4, -0.2) is 31.8 Å². The standard InChI is InChI=1S/C20H18ClF3N4O2/c1-13(27-18(29)14-2-4-16(5-3-14)20(22,23)24)19(30,10-28-12-25-11-26-28)15-6-8-17(21)9-7-15/h2-9,11-13,30H,10H2,1H3,(H,27,29)/t13-,19+/m0/s1. The van der Waals surface area contributed by atoms with Crippen LogP contribution in [0.5, 0.6) is 0 Å². The fourth-order valence-corrected chi connectivity index (χ4v) is 3.11. The highest BCUT2D eigenvalue weighted by Crippen LogP contribution is 2.30. The van der Waals surface area contributed by atoms with E-state index in [1.165, 1.54) is 17.3 Å². The molecule has 0 radical (unpaired) electrons. The van der Waals surface area contributed by atoms with Crippen LogP contribution in [0.25, 0.3) is 0 Å². The van der Waals surface area contributed by atoms with Gasteiger partial charge in [-0.2, -0.15) is 18.3 Å². The molecule has 2 atom stereocenters. The molecular weight excluding hydrogens is 421 g/mol. The number of aromatic nitrogens is 3. The largest absolute Gasteiger partial charge is 0.416 e. The van der Waals surface area contributed by atoms with Crippen LogP contribution in [0.4, 0.5) is 13.2 Å². The van der Waals surface area contributed by atoms with Crippen LogP contribution in [0.15, 0.2) is 61.2 Å². The Bertz CT molecular complexity index is 992. The van der Waals surface area contributed by atoms with Gasteiger partial charge >= 0.3 is 6.18 Å². The molecule has 0 saturated carbocycles. The smallest absolute Gasteiger partial charge is 0.381 e. The lowest BCUT2D eigenvalue weighted by atomic mass is 9.86. The second-order valence-electron chi connectivity index (χ2n) is 6.79. The molecule has 10 heteroatoms.